The lowest BCUT2D eigenvalue weighted by Gasteiger charge is -2.18. The molecular formula is C21H21ClN2O3S. The Bertz CT molecular complexity index is 1080. The second-order valence-electron chi connectivity index (χ2n) is 6.61. The van der Waals surface area contributed by atoms with Crippen LogP contribution >= 0.6 is 11.6 Å². The van der Waals surface area contributed by atoms with Gasteiger partial charge in [0.05, 0.1) is 12.3 Å². The van der Waals surface area contributed by atoms with E-state index in [-0.39, 0.29) is 12.3 Å². The molecule has 3 rings (SSSR count). The predicted octanol–water partition coefficient (Wildman–Crippen LogP) is 3.79. The van der Waals surface area contributed by atoms with Crippen LogP contribution in [0.1, 0.15) is 23.6 Å². The normalized spacial score (nSPS) is 12.6. The van der Waals surface area contributed by atoms with Crippen molar-refractivity contribution in [2.45, 2.75) is 19.0 Å². The summed E-state index contributed by atoms with van der Waals surface area (Å²) in [6.45, 7) is 0.367. The molecule has 1 amide bonds. The highest BCUT2D eigenvalue weighted by Gasteiger charge is 2.20. The molecule has 0 aliphatic heterocycles. The average Bonchev–Trinajstić information content (AvgIpc) is 2.65. The second kappa shape index (κ2) is 8.73. The lowest BCUT2D eigenvalue weighted by atomic mass is 10.0. The van der Waals surface area contributed by atoms with Crippen molar-refractivity contribution in [1.82, 2.24) is 10.0 Å². The third-order valence-corrected chi connectivity index (χ3v) is 5.34. The van der Waals surface area contributed by atoms with E-state index in [0.717, 1.165) is 22.6 Å². The van der Waals surface area contributed by atoms with Gasteiger partial charge in [0.25, 0.3) is 0 Å². The van der Waals surface area contributed by atoms with Gasteiger partial charge in [-0.3, -0.25) is 4.79 Å². The first kappa shape index (κ1) is 20.3. The van der Waals surface area contributed by atoms with Crippen molar-refractivity contribution < 1.29 is 13.2 Å². The number of nitrogens with one attached hydrogen (secondary N) is 2. The minimum atomic E-state index is -3.49. The van der Waals surface area contributed by atoms with E-state index in [1.54, 1.807) is 24.3 Å². The summed E-state index contributed by atoms with van der Waals surface area (Å²) in [5, 5.41) is 5.61. The van der Waals surface area contributed by atoms with E-state index in [4.69, 9.17) is 11.6 Å². The molecule has 5 nitrogen and oxygen atoms in total. The van der Waals surface area contributed by atoms with Gasteiger partial charge < -0.3 is 5.32 Å². The molecule has 2 N–H and O–H groups in total. The van der Waals surface area contributed by atoms with Crippen molar-refractivity contribution in [1.29, 1.82) is 0 Å². The van der Waals surface area contributed by atoms with Gasteiger partial charge in [0.1, 0.15) is 0 Å². The van der Waals surface area contributed by atoms with Crippen LogP contribution in [0.2, 0.25) is 5.02 Å². The SMILES string of the molecule is CS(=O)(=O)N[C@@H](CC(=O)NCc1cccc2ccccc12)c1ccc(Cl)cc1. The van der Waals surface area contributed by atoms with Gasteiger partial charge in [0.2, 0.25) is 15.9 Å². The molecular weight excluding hydrogens is 396 g/mol. The maximum absolute atomic E-state index is 12.5. The molecule has 0 spiro atoms. The Balaban J connectivity index is 1.72. The zero-order valence-corrected chi connectivity index (χ0v) is 16.9. The van der Waals surface area contributed by atoms with Gasteiger partial charge in [-0.25, -0.2) is 13.1 Å². The fourth-order valence-electron chi connectivity index (χ4n) is 3.08. The summed E-state index contributed by atoms with van der Waals surface area (Å²) in [7, 11) is -3.49. The zero-order valence-electron chi connectivity index (χ0n) is 15.4. The summed E-state index contributed by atoms with van der Waals surface area (Å²) in [5.41, 5.74) is 1.68. The summed E-state index contributed by atoms with van der Waals surface area (Å²) in [4.78, 5) is 12.5. The summed E-state index contributed by atoms with van der Waals surface area (Å²) in [6, 6.07) is 20.0. The molecule has 0 bridgehead atoms. The number of fused-ring (bicyclic) bond motifs is 1. The van der Waals surface area contributed by atoms with Crippen LogP contribution in [-0.4, -0.2) is 20.6 Å². The van der Waals surface area contributed by atoms with E-state index >= 15 is 0 Å². The van der Waals surface area contributed by atoms with Crippen molar-refractivity contribution in [3.8, 4) is 0 Å². The smallest absolute Gasteiger partial charge is 0.222 e. The van der Waals surface area contributed by atoms with Crippen LogP contribution in [0.3, 0.4) is 0 Å². The van der Waals surface area contributed by atoms with Crippen LogP contribution < -0.4 is 10.0 Å². The largest absolute Gasteiger partial charge is 0.352 e. The Morgan fingerprint density at radius 1 is 1.00 bits per heavy atom. The van der Waals surface area contributed by atoms with E-state index < -0.39 is 16.1 Å². The Morgan fingerprint density at radius 2 is 1.68 bits per heavy atom. The number of rotatable bonds is 7. The van der Waals surface area contributed by atoms with Crippen molar-refractivity contribution in [3.05, 3.63) is 82.9 Å². The van der Waals surface area contributed by atoms with Crippen LogP contribution in [0.4, 0.5) is 0 Å². The van der Waals surface area contributed by atoms with Crippen LogP contribution in [0.15, 0.2) is 66.7 Å². The van der Waals surface area contributed by atoms with Gasteiger partial charge in [0.15, 0.2) is 0 Å². The first-order chi connectivity index (χ1) is 13.3. The molecule has 28 heavy (non-hydrogen) atoms. The van der Waals surface area contributed by atoms with Crippen molar-refractivity contribution in [2.24, 2.45) is 0 Å². The van der Waals surface area contributed by atoms with Crippen molar-refractivity contribution in [3.63, 3.8) is 0 Å². The maximum Gasteiger partial charge on any atom is 0.222 e. The molecule has 7 heteroatoms. The number of amides is 1. The van der Waals surface area contributed by atoms with Crippen LogP contribution in [-0.2, 0) is 21.4 Å². The minimum absolute atomic E-state index is 0.0144. The van der Waals surface area contributed by atoms with Crippen LogP contribution in [0.5, 0.6) is 0 Å². The average molecular weight is 417 g/mol. The lowest BCUT2D eigenvalue weighted by Crippen LogP contribution is -2.33. The van der Waals surface area contributed by atoms with Gasteiger partial charge in [-0.1, -0.05) is 66.2 Å². The van der Waals surface area contributed by atoms with Gasteiger partial charge >= 0.3 is 0 Å². The highest BCUT2D eigenvalue weighted by atomic mass is 35.5. The quantitative estimate of drug-likeness (QED) is 0.615. The highest BCUT2D eigenvalue weighted by molar-refractivity contribution is 7.88. The molecule has 0 heterocycles. The monoisotopic (exact) mass is 416 g/mol. The molecule has 1 atom stereocenters. The Morgan fingerprint density at radius 3 is 2.39 bits per heavy atom. The van der Waals surface area contributed by atoms with E-state index in [2.05, 4.69) is 10.0 Å². The number of hydrogen-bond acceptors (Lipinski definition) is 3. The molecule has 0 aliphatic rings. The Kier molecular flexibility index (Phi) is 6.34. The molecule has 0 radical (unpaired) electrons. The number of halogens is 1. The second-order valence-corrected chi connectivity index (χ2v) is 8.83. The predicted molar refractivity (Wildman–Crippen MR) is 113 cm³/mol. The molecule has 3 aromatic rings. The zero-order chi connectivity index (χ0) is 20.1. The van der Waals surface area contributed by atoms with Gasteiger partial charge in [0, 0.05) is 18.0 Å². The number of sulfonamides is 1. The number of carbonyl (C=O) groups excluding carboxylic acids is 1. The first-order valence-electron chi connectivity index (χ1n) is 8.78. The topological polar surface area (TPSA) is 75.3 Å². The van der Waals surface area contributed by atoms with Gasteiger partial charge in [-0.05, 0) is 34.0 Å². The van der Waals surface area contributed by atoms with Gasteiger partial charge in [-0.2, -0.15) is 0 Å². The molecule has 0 fully saturated rings. The molecule has 0 saturated heterocycles. The van der Waals surface area contributed by atoms with Gasteiger partial charge in [-0.15, -0.1) is 0 Å². The van der Waals surface area contributed by atoms with E-state index in [1.165, 1.54) is 0 Å². The standard InChI is InChI=1S/C21H21ClN2O3S/c1-28(26,27)24-20(16-9-11-18(22)12-10-16)13-21(25)23-14-17-7-4-6-15-5-2-3-8-19(15)17/h2-12,20,24H,13-14H2,1H3,(H,23,25)/t20-/m0/s1. The molecule has 146 valence electrons. The van der Waals surface area contributed by atoms with Crippen molar-refractivity contribution in [2.75, 3.05) is 6.26 Å². The van der Waals surface area contributed by atoms with E-state index in [0.29, 0.717) is 17.1 Å². The lowest BCUT2D eigenvalue weighted by molar-refractivity contribution is -0.121. The summed E-state index contributed by atoms with van der Waals surface area (Å²) >= 11 is 5.90. The fraction of sp³-hybridized carbons (Fsp3) is 0.190. The Hall–Kier alpha value is -2.41. The van der Waals surface area contributed by atoms with Crippen molar-refractivity contribution >= 4 is 38.3 Å². The summed E-state index contributed by atoms with van der Waals surface area (Å²) in [6.07, 6.45) is 1.06. The number of carbonyl (C=O) groups is 1. The number of benzene rings is 3. The molecule has 0 saturated carbocycles. The number of hydrogen-bond donors (Lipinski definition) is 2. The van der Waals surface area contributed by atoms with E-state index in [1.807, 2.05) is 42.5 Å². The highest BCUT2D eigenvalue weighted by Crippen LogP contribution is 2.21. The third kappa shape index (κ3) is 5.55. The molecule has 3 aromatic carbocycles. The molecule has 0 unspecified atom stereocenters. The molecule has 0 aromatic heterocycles. The Labute approximate surface area is 169 Å². The molecule has 0 aliphatic carbocycles. The maximum atomic E-state index is 12.5. The summed E-state index contributed by atoms with van der Waals surface area (Å²) < 4.78 is 26.0. The minimum Gasteiger partial charge on any atom is -0.352 e. The van der Waals surface area contributed by atoms with Crippen LogP contribution in [0, 0.1) is 0 Å². The third-order valence-electron chi connectivity index (χ3n) is 4.37. The van der Waals surface area contributed by atoms with Crippen LogP contribution in [0.25, 0.3) is 10.8 Å². The first-order valence-corrected chi connectivity index (χ1v) is 11.0. The fourth-order valence-corrected chi connectivity index (χ4v) is 3.94. The summed E-state index contributed by atoms with van der Waals surface area (Å²) in [5.74, 6) is -0.246. The van der Waals surface area contributed by atoms with E-state index in [9.17, 15) is 13.2 Å².